The number of tetrazole rings is 1. The molecule has 4 rings (SSSR count). The summed E-state index contributed by atoms with van der Waals surface area (Å²) < 4.78 is 7.05. The average molecular weight is 341 g/mol. The predicted molar refractivity (Wildman–Crippen MR) is 92.1 cm³/mol. The van der Waals surface area contributed by atoms with Gasteiger partial charge in [0, 0.05) is 11.1 Å². The van der Waals surface area contributed by atoms with Crippen LogP contribution in [0.2, 0.25) is 5.02 Å². The molecule has 0 atom stereocenters. The van der Waals surface area contributed by atoms with Gasteiger partial charge in [0.25, 0.3) is 0 Å². The van der Waals surface area contributed by atoms with Crippen LogP contribution in [0.25, 0.3) is 16.7 Å². The van der Waals surface area contributed by atoms with Gasteiger partial charge in [-0.3, -0.25) is 0 Å². The van der Waals surface area contributed by atoms with Crippen LogP contribution in [0, 0.1) is 6.92 Å². The molecular formula is C16H13ClN6O. The van der Waals surface area contributed by atoms with Crippen molar-refractivity contribution in [3.05, 3.63) is 47.0 Å². The molecule has 0 spiro atoms. The van der Waals surface area contributed by atoms with Crippen molar-refractivity contribution in [2.24, 2.45) is 0 Å². The maximum absolute atomic E-state index is 6.16. The lowest BCUT2D eigenvalue weighted by atomic mass is 10.2. The molecule has 1 N–H and O–H groups in total. The third-order valence-electron chi connectivity index (χ3n) is 3.76. The first-order chi connectivity index (χ1) is 11.7. The molecule has 0 bridgehead atoms. The second-order valence-electron chi connectivity index (χ2n) is 5.29. The van der Waals surface area contributed by atoms with Crippen molar-refractivity contribution in [2.75, 3.05) is 12.4 Å². The highest BCUT2D eigenvalue weighted by Gasteiger charge is 2.14. The molecule has 120 valence electrons. The molecule has 0 saturated heterocycles. The Morgan fingerprint density at radius 2 is 2.04 bits per heavy atom. The summed E-state index contributed by atoms with van der Waals surface area (Å²) >= 11 is 6.16. The molecule has 2 aromatic heterocycles. The number of hydrogen-bond acceptors (Lipinski definition) is 6. The zero-order valence-electron chi connectivity index (χ0n) is 13.0. The van der Waals surface area contributed by atoms with Gasteiger partial charge in [-0.05, 0) is 41.1 Å². The summed E-state index contributed by atoms with van der Waals surface area (Å²) in [6.45, 7) is 1.93. The van der Waals surface area contributed by atoms with Crippen LogP contribution in [0.4, 0.5) is 11.5 Å². The largest absolute Gasteiger partial charge is 0.495 e. The number of hydrogen-bond donors (Lipinski definition) is 1. The molecule has 0 radical (unpaired) electrons. The van der Waals surface area contributed by atoms with E-state index in [-0.39, 0.29) is 0 Å². The van der Waals surface area contributed by atoms with E-state index in [0.29, 0.717) is 22.2 Å². The highest BCUT2D eigenvalue weighted by atomic mass is 35.5. The summed E-state index contributed by atoms with van der Waals surface area (Å²) in [5.41, 5.74) is 3.82. The van der Waals surface area contributed by atoms with Gasteiger partial charge in [-0.1, -0.05) is 23.7 Å². The summed E-state index contributed by atoms with van der Waals surface area (Å²) in [4.78, 5) is 4.64. The predicted octanol–water partition coefficient (Wildman–Crippen LogP) is 3.39. The minimum atomic E-state index is 0.531. The summed E-state index contributed by atoms with van der Waals surface area (Å²) in [6.07, 6.45) is 0. The van der Waals surface area contributed by atoms with Gasteiger partial charge in [0.05, 0.1) is 23.8 Å². The van der Waals surface area contributed by atoms with Crippen molar-refractivity contribution in [1.82, 2.24) is 25.0 Å². The van der Waals surface area contributed by atoms with Crippen LogP contribution in [0.1, 0.15) is 5.56 Å². The Balaban J connectivity index is 1.91. The van der Waals surface area contributed by atoms with Crippen molar-refractivity contribution in [1.29, 1.82) is 0 Å². The van der Waals surface area contributed by atoms with Gasteiger partial charge >= 0.3 is 0 Å². The summed E-state index contributed by atoms with van der Waals surface area (Å²) in [5, 5.41) is 15.8. The number of anilines is 2. The third-order valence-corrected chi connectivity index (χ3v) is 4.16. The van der Waals surface area contributed by atoms with E-state index in [2.05, 4.69) is 25.8 Å². The van der Waals surface area contributed by atoms with Crippen LogP contribution in [-0.4, -0.2) is 32.1 Å². The number of aromatic nitrogens is 5. The van der Waals surface area contributed by atoms with Crippen LogP contribution in [0.15, 0.2) is 36.4 Å². The topological polar surface area (TPSA) is 77.2 Å². The van der Waals surface area contributed by atoms with Gasteiger partial charge in [-0.25, -0.2) is 4.98 Å². The lowest BCUT2D eigenvalue weighted by Gasteiger charge is -2.13. The van der Waals surface area contributed by atoms with E-state index in [1.807, 2.05) is 37.3 Å². The monoisotopic (exact) mass is 340 g/mol. The number of nitrogens with one attached hydrogen (secondary N) is 1. The molecule has 0 unspecified atom stereocenters. The number of para-hydroxylation sites is 2. The van der Waals surface area contributed by atoms with Crippen molar-refractivity contribution in [3.63, 3.8) is 0 Å². The van der Waals surface area contributed by atoms with Crippen LogP contribution in [-0.2, 0) is 0 Å². The molecule has 24 heavy (non-hydrogen) atoms. The van der Waals surface area contributed by atoms with Crippen molar-refractivity contribution < 1.29 is 4.74 Å². The van der Waals surface area contributed by atoms with E-state index in [9.17, 15) is 0 Å². The third kappa shape index (κ3) is 2.30. The Kier molecular flexibility index (Phi) is 3.42. The number of nitrogens with zero attached hydrogens (tertiary/aromatic N) is 5. The number of fused-ring (bicyclic) bond motifs is 3. The first kappa shape index (κ1) is 14.6. The minimum absolute atomic E-state index is 0.531. The highest BCUT2D eigenvalue weighted by Crippen LogP contribution is 2.33. The fourth-order valence-electron chi connectivity index (χ4n) is 2.55. The lowest BCUT2D eigenvalue weighted by molar-refractivity contribution is 0.416. The van der Waals surface area contributed by atoms with E-state index in [0.717, 1.165) is 22.3 Å². The Morgan fingerprint density at radius 1 is 1.21 bits per heavy atom. The Bertz CT molecular complexity index is 1060. The maximum atomic E-state index is 6.16. The van der Waals surface area contributed by atoms with Crippen LogP contribution in [0.3, 0.4) is 0 Å². The van der Waals surface area contributed by atoms with Gasteiger partial charge in [-0.2, -0.15) is 4.52 Å². The quantitative estimate of drug-likeness (QED) is 0.616. The van der Waals surface area contributed by atoms with Crippen LogP contribution < -0.4 is 10.1 Å². The number of halogens is 1. The number of aryl methyl sites for hydroxylation is 1. The fourth-order valence-corrected chi connectivity index (χ4v) is 2.70. The molecule has 0 fully saturated rings. The maximum Gasteiger partial charge on any atom is 0.222 e. The van der Waals surface area contributed by atoms with Gasteiger partial charge in [-0.15, -0.1) is 5.10 Å². The Morgan fingerprint density at radius 3 is 2.88 bits per heavy atom. The molecular weight excluding hydrogens is 328 g/mol. The minimum Gasteiger partial charge on any atom is -0.495 e. The molecule has 4 aromatic rings. The SMILES string of the molecule is COc1cc(Cl)c(C)cc1Nc1nc2ccccc2n2nnnc12. The highest BCUT2D eigenvalue weighted by molar-refractivity contribution is 6.31. The fraction of sp³-hybridized carbons (Fsp3) is 0.125. The van der Waals surface area contributed by atoms with E-state index in [1.165, 1.54) is 0 Å². The molecule has 0 aliphatic carbocycles. The van der Waals surface area contributed by atoms with Gasteiger partial charge < -0.3 is 10.1 Å². The molecule has 8 heteroatoms. The van der Waals surface area contributed by atoms with Gasteiger partial charge in [0.1, 0.15) is 5.75 Å². The normalized spacial score (nSPS) is 11.1. The van der Waals surface area contributed by atoms with Crippen LogP contribution >= 0.6 is 11.6 Å². The number of methoxy groups -OCH3 is 1. The van der Waals surface area contributed by atoms with E-state index in [1.54, 1.807) is 17.7 Å². The molecule has 0 aliphatic heterocycles. The first-order valence-electron chi connectivity index (χ1n) is 7.25. The molecule has 7 nitrogen and oxygen atoms in total. The Hall–Kier alpha value is -2.93. The van der Waals surface area contributed by atoms with Gasteiger partial charge in [0.15, 0.2) is 5.82 Å². The number of benzene rings is 2. The zero-order chi connectivity index (χ0) is 16.7. The Labute approximate surface area is 142 Å². The first-order valence-corrected chi connectivity index (χ1v) is 7.63. The lowest BCUT2D eigenvalue weighted by Crippen LogP contribution is -2.02. The molecule has 0 aliphatic rings. The van der Waals surface area contributed by atoms with Crippen molar-refractivity contribution in [2.45, 2.75) is 6.92 Å². The summed E-state index contributed by atoms with van der Waals surface area (Å²) in [6, 6.07) is 11.3. The number of rotatable bonds is 3. The smallest absolute Gasteiger partial charge is 0.222 e. The van der Waals surface area contributed by atoms with E-state index >= 15 is 0 Å². The molecule has 0 saturated carbocycles. The molecule has 2 aromatic carbocycles. The van der Waals surface area contributed by atoms with Gasteiger partial charge in [0.2, 0.25) is 5.65 Å². The van der Waals surface area contributed by atoms with Crippen molar-refractivity contribution >= 4 is 39.8 Å². The van der Waals surface area contributed by atoms with E-state index in [4.69, 9.17) is 16.3 Å². The second kappa shape index (κ2) is 5.61. The van der Waals surface area contributed by atoms with Crippen molar-refractivity contribution in [3.8, 4) is 5.75 Å². The summed E-state index contributed by atoms with van der Waals surface area (Å²) in [7, 11) is 1.59. The molecule has 0 amide bonds. The zero-order valence-corrected chi connectivity index (χ0v) is 13.7. The average Bonchev–Trinajstić information content (AvgIpc) is 3.08. The second-order valence-corrected chi connectivity index (χ2v) is 5.70. The van der Waals surface area contributed by atoms with Crippen LogP contribution in [0.5, 0.6) is 5.75 Å². The number of ether oxygens (including phenoxy) is 1. The summed E-state index contributed by atoms with van der Waals surface area (Å²) in [5.74, 6) is 1.16. The van der Waals surface area contributed by atoms with E-state index < -0.39 is 0 Å². The molecule has 2 heterocycles. The standard InChI is InChI=1S/C16H13ClN6O/c1-9-7-12(14(24-2)8-10(9)17)19-15-16-20-21-22-23(16)13-6-4-3-5-11(13)18-15/h3-8H,1-2H3,(H,18,19).